The number of hydrogen-bond acceptors (Lipinski definition) is 4. The molecule has 0 fully saturated rings. The molecule has 0 saturated heterocycles. The number of benzene rings is 2. The minimum atomic E-state index is -6.72. The number of pyridine rings is 1. The Morgan fingerprint density at radius 1 is 0.688 bits per heavy atom. The monoisotopic (exact) mass is 500 g/mol. The zero-order chi connectivity index (χ0) is 24.2. The van der Waals surface area contributed by atoms with Crippen molar-refractivity contribution in [1.29, 1.82) is 0 Å². The third-order valence-electron chi connectivity index (χ3n) is 3.76. The molecular weight excluding hydrogens is 486 g/mol. The molecule has 3 rings (SSSR count). The van der Waals surface area contributed by atoms with Gasteiger partial charge >= 0.3 is 11.0 Å². The molecule has 0 spiro atoms. The molecule has 6 nitrogen and oxygen atoms in total. The van der Waals surface area contributed by atoms with Gasteiger partial charge < -0.3 is 4.13 Å². The van der Waals surface area contributed by atoms with Gasteiger partial charge in [0.15, 0.2) is 32.8 Å². The van der Waals surface area contributed by atoms with Crippen LogP contribution >= 0.6 is 0 Å². The van der Waals surface area contributed by atoms with Crippen LogP contribution in [0.1, 0.15) is 5.56 Å². The van der Waals surface area contributed by atoms with Crippen LogP contribution in [-0.4, -0.2) is 27.9 Å². The molecule has 14 heteroatoms. The zero-order valence-corrected chi connectivity index (χ0v) is 17.4. The Morgan fingerprint density at radius 2 is 1.16 bits per heavy atom. The molecule has 0 N–H and O–H groups in total. The predicted molar refractivity (Wildman–Crippen MR) is 103 cm³/mol. The van der Waals surface area contributed by atoms with E-state index in [0.29, 0.717) is 0 Å². The average Bonchev–Trinajstić information content (AvgIpc) is 2.67. The lowest BCUT2D eigenvalue weighted by molar-refractivity contribution is -0.662. The lowest BCUT2D eigenvalue weighted by Gasteiger charge is -2.22. The second-order valence-corrected chi connectivity index (χ2v) is 9.52. The Morgan fingerprint density at radius 3 is 1.69 bits per heavy atom. The lowest BCUT2D eigenvalue weighted by Crippen LogP contribution is -2.34. The summed E-state index contributed by atoms with van der Waals surface area (Å²) < 4.78 is 111. The maximum Gasteiger partial charge on any atom is 0.480 e. The van der Waals surface area contributed by atoms with E-state index in [9.17, 15) is 43.2 Å². The number of para-hydroxylation sites is 1. The first-order valence-electron chi connectivity index (χ1n) is 8.42. The molecule has 0 unspecified atom stereocenters. The summed E-state index contributed by atoms with van der Waals surface area (Å²) in [6.07, 6.45) is 2.13. The Hall–Kier alpha value is -2.71. The number of rotatable bonds is 4. The second-order valence-electron chi connectivity index (χ2n) is 6.10. The molecule has 2 aromatic carbocycles. The van der Waals surface area contributed by atoms with Gasteiger partial charge in [0.05, 0.1) is 0 Å². The minimum Gasteiger partial charge on any atom is -0.421 e. The Labute approximate surface area is 179 Å². The third-order valence-corrected chi connectivity index (χ3v) is 6.50. The van der Waals surface area contributed by atoms with E-state index in [4.69, 9.17) is 0 Å². The van der Waals surface area contributed by atoms with Crippen molar-refractivity contribution in [1.82, 2.24) is 0 Å². The summed E-state index contributed by atoms with van der Waals surface area (Å²) in [5, 5.41) is 1.28. The molecule has 0 atom stereocenters. The van der Waals surface area contributed by atoms with Crippen LogP contribution in [0.3, 0.4) is 0 Å². The fourth-order valence-electron chi connectivity index (χ4n) is 2.35. The summed E-state index contributed by atoms with van der Waals surface area (Å²) >= 11 is 0. The summed E-state index contributed by atoms with van der Waals surface area (Å²) in [6, 6.07) is 23.3. The molecule has 1 heterocycles. The van der Waals surface area contributed by atoms with E-state index in [0.717, 1.165) is 10.7 Å². The predicted octanol–water partition coefficient (Wildman–Crippen LogP) is 4.23. The van der Waals surface area contributed by atoms with Gasteiger partial charge in [-0.1, -0.05) is 42.5 Å². The number of fused-ring (bicyclic) bond motifs is 1. The highest BCUT2D eigenvalue weighted by molar-refractivity contribution is 8.13. The van der Waals surface area contributed by atoms with Crippen molar-refractivity contribution in [2.24, 2.45) is 0 Å². The van der Waals surface area contributed by atoms with Crippen molar-refractivity contribution in [3.05, 3.63) is 82.6 Å². The first kappa shape index (κ1) is 25.5. The van der Waals surface area contributed by atoms with Crippen LogP contribution in [0.25, 0.3) is 15.0 Å². The van der Waals surface area contributed by atoms with E-state index in [1.54, 1.807) is 0 Å². The minimum absolute atomic E-state index is 0.778. The Balaban J connectivity index is 0.000000230. The van der Waals surface area contributed by atoms with Crippen molar-refractivity contribution in [2.45, 2.75) is 17.6 Å². The lowest BCUT2D eigenvalue weighted by atomic mass is 10.2. The number of nitrogens with zero attached hydrogens (tertiary/aromatic N) is 2. The van der Waals surface area contributed by atoms with E-state index >= 15 is 0 Å². The molecule has 0 aliphatic rings. The normalized spacial score (nSPS) is 12.8. The zero-order valence-electron chi connectivity index (χ0n) is 15.7. The molecule has 0 aliphatic heterocycles. The van der Waals surface area contributed by atoms with Gasteiger partial charge in [0.25, 0.3) is 0 Å². The highest BCUT2D eigenvalue weighted by atomic mass is 32.3. The highest BCUT2D eigenvalue weighted by Crippen LogP contribution is 2.36. The van der Waals surface area contributed by atoms with E-state index in [1.165, 1.54) is 16.5 Å². The van der Waals surface area contributed by atoms with E-state index in [2.05, 4.69) is 77.5 Å². The van der Waals surface area contributed by atoms with Gasteiger partial charge in [0.1, 0.15) is 0 Å². The molecule has 0 amide bonds. The Kier molecular flexibility index (Phi) is 7.52. The van der Waals surface area contributed by atoms with Gasteiger partial charge in [-0.3, -0.25) is 0 Å². The average molecular weight is 500 g/mol. The quantitative estimate of drug-likeness (QED) is 0.396. The molecule has 3 aromatic rings. The fraction of sp³-hybridized carbons (Fsp3) is 0.167. The van der Waals surface area contributed by atoms with Gasteiger partial charge in [0.2, 0.25) is 5.52 Å². The molecule has 0 aliphatic carbocycles. The van der Waals surface area contributed by atoms with E-state index in [1.807, 2.05) is 0 Å². The van der Waals surface area contributed by atoms with Gasteiger partial charge in [-0.05, 0) is 12.1 Å². The van der Waals surface area contributed by atoms with Crippen molar-refractivity contribution in [3.63, 3.8) is 0 Å². The van der Waals surface area contributed by atoms with Crippen LogP contribution in [0, 0.1) is 0 Å². The summed E-state index contributed by atoms with van der Waals surface area (Å²) in [6.45, 7) is 0.919. The number of sulfonamides is 2. The second kappa shape index (κ2) is 9.42. The molecule has 174 valence electrons. The van der Waals surface area contributed by atoms with Gasteiger partial charge in [0, 0.05) is 23.1 Å². The molecule has 32 heavy (non-hydrogen) atoms. The molecule has 0 radical (unpaired) electrons. The maximum atomic E-state index is 11.4. The number of halogens is 6. The molecule has 0 bridgehead atoms. The maximum absolute atomic E-state index is 11.4. The highest BCUT2D eigenvalue weighted by Gasteiger charge is 2.46. The summed E-state index contributed by atoms with van der Waals surface area (Å²) in [5.41, 5.74) is -9.80. The van der Waals surface area contributed by atoms with Crippen LogP contribution in [0.15, 0.2) is 72.9 Å². The van der Waals surface area contributed by atoms with Crippen LogP contribution < -0.4 is 4.57 Å². The van der Waals surface area contributed by atoms with Gasteiger partial charge in [-0.2, -0.15) is 30.9 Å². The van der Waals surface area contributed by atoms with Crippen LogP contribution in [-0.2, 0) is 26.6 Å². The molecule has 1 aromatic heterocycles. The fourth-order valence-corrected chi connectivity index (χ4v) is 4.06. The van der Waals surface area contributed by atoms with Crippen molar-refractivity contribution < 1.29 is 47.7 Å². The van der Waals surface area contributed by atoms with Crippen molar-refractivity contribution in [2.75, 3.05) is 0 Å². The van der Waals surface area contributed by atoms with Crippen LogP contribution in [0.4, 0.5) is 26.3 Å². The first-order valence-corrected chi connectivity index (χ1v) is 11.3. The SMILES string of the molecule is O=S(=O)([N-]S(=O)(=O)C(F)(F)F)C(F)(F)F.c1ccc(C[n+]2cccc3ccccc32)cc1. The van der Waals surface area contributed by atoms with Gasteiger partial charge in [-0.15, -0.1) is 0 Å². The number of aromatic nitrogens is 1. The molecule has 0 saturated carbocycles. The summed E-state index contributed by atoms with van der Waals surface area (Å²) in [7, 11) is -13.4. The standard InChI is InChI=1S/C16H14N.C2F6NO4S2/c1-2-7-14(8-3-1)13-17-12-6-10-15-9-4-5-11-16(15)17;3-1(4,5)14(10,11)9-15(12,13)2(6,7)8/h1-12H,13H2;/q+1;-1. The van der Waals surface area contributed by atoms with Crippen molar-refractivity contribution in [3.8, 4) is 0 Å². The van der Waals surface area contributed by atoms with Crippen LogP contribution in [0.2, 0.25) is 0 Å². The topological polar surface area (TPSA) is 86.3 Å². The van der Waals surface area contributed by atoms with Gasteiger partial charge in [-0.25, -0.2) is 16.8 Å². The Bertz CT molecular complexity index is 1230. The molecular formula is C18H14F6N2O4S2. The smallest absolute Gasteiger partial charge is 0.421 e. The van der Waals surface area contributed by atoms with E-state index < -0.39 is 31.1 Å². The van der Waals surface area contributed by atoms with E-state index in [-0.39, 0.29) is 0 Å². The third kappa shape index (κ3) is 6.40. The largest absolute Gasteiger partial charge is 0.480 e. The number of alkyl halides is 6. The summed E-state index contributed by atoms with van der Waals surface area (Å²) in [4.78, 5) is 0. The van der Waals surface area contributed by atoms with Crippen LogP contribution in [0.5, 0.6) is 0 Å². The number of hydrogen-bond donors (Lipinski definition) is 0. The first-order chi connectivity index (χ1) is 14.6. The van der Waals surface area contributed by atoms with Crippen molar-refractivity contribution >= 4 is 30.9 Å². The summed E-state index contributed by atoms with van der Waals surface area (Å²) in [5.74, 6) is 0.